The highest BCUT2D eigenvalue weighted by molar-refractivity contribution is 5.75. The second kappa shape index (κ2) is 8.26. The fourth-order valence-electron chi connectivity index (χ4n) is 2.84. The summed E-state index contributed by atoms with van der Waals surface area (Å²) >= 11 is 0. The van der Waals surface area contributed by atoms with Crippen LogP contribution in [0.1, 0.15) is 11.1 Å². The van der Waals surface area contributed by atoms with E-state index in [9.17, 15) is 4.79 Å². The molecule has 0 aliphatic rings. The number of hydrogen-bond donors (Lipinski definition) is 1. The summed E-state index contributed by atoms with van der Waals surface area (Å²) in [5.74, 6) is 0.323. The Morgan fingerprint density at radius 2 is 1.75 bits per heavy atom. The van der Waals surface area contributed by atoms with Crippen LogP contribution < -0.4 is 5.32 Å². The van der Waals surface area contributed by atoms with Gasteiger partial charge in [0.05, 0.1) is 6.54 Å². The lowest BCUT2D eigenvalue weighted by molar-refractivity contribution is -0.122. The van der Waals surface area contributed by atoms with Gasteiger partial charge in [-0.05, 0) is 22.4 Å². The van der Waals surface area contributed by atoms with Crippen LogP contribution in [0.3, 0.4) is 0 Å². The van der Waals surface area contributed by atoms with Crippen LogP contribution in [0.2, 0.25) is 0 Å². The highest BCUT2D eigenvalue weighted by atomic mass is 16.2. The highest BCUT2D eigenvalue weighted by Crippen LogP contribution is 2.12. The Kier molecular flexibility index (Phi) is 5.19. The van der Waals surface area contributed by atoms with E-state index in [1.54, 1.807) is 6.20 Å². The third-order valence-corrected chi connectivity index (χ3v) is 4.26. The topological polar surface area (TPSA) is 90.5 Å². The first-order valence-corrected chi connectivity index (χ1v) is 8.92. The Balaban J connectivity index is 1.36. The molecule has 1 N–H and O–H groups in total. The summed E-state index contributed by atoms with van der Waals surface area (Å²) in [6.07, 6.45) is 3.66. The van der Waals surface area contributed by atoms with Gasteiger partial charge >= 0.3 is 0 Å². The molecular formula is C20H19N7O. The first-order chi connectivity index (χ1) is 13.8. The molecule has 0 atom stereocenters. The third-order valence-electron chi connectivity index (χ3n) is 4.26. The highest BCUT2D eigenvalue weighted by Gasteiger charge is 2.10. The summed E-state index contributed by atoms with van der Waals surface area (Å²) in [5, 5.41) is 19.4. The van der Waals surface area contributed by atoms with Gasteiger partial charge in [0.15, 0.2) is 0 Å². The van der Waals surface area contributed by atoms with E-state index >= 15 is 0 Å². The van der Waals surface area contributed by atoms with Gasteiger partial charge in [-0.2, -0.15) is 9.90 Å². The van der Waals surface area contributed by atoms with Crippen LogP contribution in [0.4, 0.5) is 0 Å². The van der Waals surface area contributed by atoms with Crippen molar-refractivity contribution in [2.24, 2.45) is 0 Å². The van der Waals surface area contributed by atoms with Crippen molar-refractivity contribution >= 4 is 5.91 Å². The van der Waals surface area contributed by atoms with E-state index in [1.807, 2.05) is 71.5 Å². The van der Waals surface area contributed by atoms with E-state index in [4.69, 9.17) is 0 Å². The second-order valence-electron chi connectivity index (χ2n) is 6.26. The molecule has 4 rings (SSSR count). The maximum atomic E-state index is 12.3. The van der Waals surface area contributed by atoms with Gasteiger partial charge in [0, 0.05) is 24.5 Å². The number of nitrogens with zero attached hydrogens (tertiary/aromatic N) is 6. The molecule has 8 nitrogen and oxygen atoms in total. The van der Waals surface area contributed by atoms with Gasteiger partial charge in [0.1, 0.15) is 6.54 Å². The van der Waals surface area contributed by atoms with Crippen molar-refractivity contribution in [3.63, 3.8) is 0 Å². The molecule has 0 spiro atoms. The molecule has 0 unspecified atom stereocenters. The fourth-order valence-corrected chi connectivity index (χ4v) is 2.84. The number of hydrogen-bond acceptors (Lipinski definition) is 5. The summed E-state index contributed by atoms with van der Waals surface area (Å²) in [5.41, 5.74) is 3.02. The van der Waals surface area contributed by atoms with Gasteiger partial charge in [-0.1, -0.05) is 54.6 Å². The van der Waals surface area contributed by atoms with Gasteiger partial charge in [0.25, 0.3) is 0 Å². The van der Waals surface area contributed by atoms with Crippen LogP contribution in [-0.2, 0) is 24.4 Å². The van der Waals surface area contributed by atoms with Gasteiger partial charge in [0.2, 0.25) is 11.7 Å². The molecule has 0 saturated heterocycles. The number of benzene rings is 2. The molecule has 2 aromatic heterocycles. The molecule has 2 heterocycles. The predicted molar refractivity (Wildman–Crippen MR) is 103 cm³/mol. The van der Waals surface area contributed by atoms with Gasteiger partial charge < -0.3 is 5.32 Å². The molecule has 0 bridgehead atoms. The van der Waals surface area contributed by atoms with Crippen LogP contribution in [0.15, 0.2) is 73.1 Å². The number of carbonyl (C=O) groups is 1. The molecule has 0 saturated carbocycles. The van der Waals surface area contributed by atoms with E-state index in [0.717, 1.165) is 16.7 Å². The molecular weight excluding hydrogens is 354 g/mol. The Bertz CT molecular complexity index is 1040. The fraction of sp³-hybridized carbons (Fsp3) is 0.150. The minimum Gasteiger partial charge on any atom is -0.350 e. The predicted octanol–water partition coefficient (Wildman–Crippen LogP) is 1.90. The Morgan fingerprint density at radius 3 is 2.54 bits per heavy atom. The zero-order valence-corrected chi connectivity index (χ0v) is 15.1. The summed E-state index contributed by atoms with van der Waals surface area (Å²) in [4.78, 5) is 13.6. The van der Waals surface area contributed by atoms with Crippen molar-refractivity contribution in [2.45, 2.75) is 19.6 Å². The van der Waals surface area contributed by atoms with E-state index in [1.165, 1.54) is 4.80 Å². The van der Waals surface area contributed by atoms with Crippen LogP contribution in [-0.4, -0.2) is 35.9 Å². The normalized spacial score (nSPS) is 10.7. The van der Waals surface area contributed by atoms with Crippen LogP contribution in [0.25, 0.3) is 11.4 Å². The molecule has 0 fully saturated rings. The maximum absolute atomic E-state index is 12.3. The van der Waals surface area contributed by atoms with Crippen molar-refractivity contribution in [3.8, 4) is 11.4 Å². The monoisotopic (exact) mass is 373 g/mol. The third kappa shape index (κ3) is 4.29. The number of carbonyl (C=O) groups excluding carboxylic acids is 1. The van der Waals surface area contributed by atoms with Gasteiger partial charge in [-0.3, -0.25) is 9.48 Å². The number of amides is 1. The van der Waals surface area contributed by atoms with Crippen molar-refractivity contribution in [2.75, 3.05) is 0 Å². The lowest BCUT2D eigenvalue weighted by Crippen LogP contribution is -2.28. The quantitative estimate of drug-likeness (QED) is 0.534. The average Bonchev–Trinajstić information content (AvgIpc) is 3.40. The smallest absolute Gasteiger partial charge is 0.243 e. The molecule has 28 heavy (non-hydrogen) atoms. The Hall–Kier alpha value is -3.81. The number of aromatic nitrogens is 6. The minimum atomic E-state index is -0.175. The van der Waals surface area contributed by atoms with E-state index in [2.05, 4.69) is 25.8 Å². The van der Waals surface area contributed by atoms with Crippen molar-refractivity contribution in [1.29, 1.82) is 0 Å². The summed E-state index contributed by atoms with van der Waals surface area (Å²) in [6, 6.07) is 19.4. The van der Waals surface area contributed by atoms with E-state index in [0.29, 0.717) is 18.9 Å². The molecule has 4 aromatic rings. The average molecular weight is 373 g/mol. The summed E-state index contributed by atoms with van der Waals surface area (Å²) < 4.78 is 1.85. The Morgan fingerprint density at radius 1 is 0.964 bits per heavy atom. The number of nitrogens with one attached hydrogen (secondary N) is 1. The maximum Gasteiger partial charge on any atom is 0.243 e. The zero-order chi connectivity index (χ0) is 19.2. The van der Waals surface area contributed by atoms with Crippen molar-refractivity contribution in [3.05, 3.63) is 84.2 Å². The molecule has 0 radical (unpaired) electrons. The molecule has 8 heteroatoms. The van der Waals surface area contributed by atoms with E-state index < -0.39 is 0 Å². The SMILES string of the molecule is O=C(Cn1nnc(-c2ccccc2)n1)NCc1ccccc1Cn1cccn1. The second-order valence-corrected chi connectivity index (χ2v) is 6.26. The van der Waals surface area contributed by atoms with Crippen LogP contribution in [0, 0.1) is 0 Å². The summed E-state index contributed by atoms with van der Waals surface area (Å²) in [6.45, 7) is 1.10. The molecule has 1 amide bonds. The van der Waals surface area contributed by atoms with Gasteiger partial charge in [-0.25, -0.2) is 0 Å². The van der Waals surface area contributed by atoms with E-state index in [-0.39, 0.29) is 12.5 Å². The van der Waals surface area contributed by atoms with Crippen molar-refractivity contribution < 1.29 is 4.79 Å². The molecule has 0 aliphatic carbocycles. The largest absolute Gasteiger partial charge is 0.350 e. The number of tetrazole rings is 1. The zero-order valence-electron chi connectivity index (χ0n) is 15.1. The Labute approximate surface area is 161 Å². The standard InChI is InChI=1S/C20H19N7O/c28-19(15-27-24-20(23-25-27)16-7-2-1-3-8-16)21-13-17-9-4-5-10-18(17)14-26-12-6-11-22-26/h1-12H,13-15H2,(H,21,28). The summed E-state index contributed by atoms with van der Waals surface area (Å²) in [7, 11) is 0. The van der Waals surface area contributed by atoms with Crippen molar-refractivity contribution in [1.82, 2.24) is 35.3 Å². The lowest BCUT2D eigenvalue weighted by Gasteiger charge is -2.10. The molecule has 0 aliphatic heterocycles. The lowest BCUT2D eigenvalue weighted by atomic mass is 10.1. The molecule has 140 valence electrons. The van der Waals surface area contributed by atoms with Gasteiger partial charge in [-0.15, -0.1) is 10.2 Å². The first kappa shape index (κ1) is 17.6. The first-order valence-electron chi connectivity index (χ1n) is 8.92. The van der Waals surface area contributed by atoms with Crippen LogP contribution >= 0.6 is 0 Å². The number of rotatable bonds is 7. The minimum absolute atomic E-state index is 0.0150. The molecule has 2 aromatic carbocycles. The van der Waals surface area contributed by atoms with Crippen LogP contribution in [0.5, 0.6) is 0 Å².